The molecule has 166 valence electrons. The second-order valence-electron chi connectivity index (χ2n) is 8.79. The van der Waals surface area contributed by atoms with E-state index in [1.807, 2.05) is 42.2 Å². The lowest BCUT2D eigenvalue weighted by Crippen LogP contribution is -2.63. The topological polar surface area (TPSA) is 81.5 Å². The van der Waals surface area contributed by atoms with E-state index < -0.39 is 10.4 Å². The number of carbonyl (C=O) groups excluding carboxylic acids is 1. The number of benzene rings is 2. The first-order chi connectivity index (χ1) is 15.3. The fourth-order valence-corrected chi connectivity index (χ4v) is 6.36. The number of hydrogen-bond acceptors (Lipinski definition) is 4. The highest BCUT2D eigenvalue weighted by Gasteiger charge is 2.52. The predicted molar refractivity (Wildman–Crippen MR) is 121 cm³/mol. The van der Waals surface area contributed by atoms with Crippen LogP contribution in [-0.4, -0.2) is 48.6 Å². The van der Waals surface area contributed by atoms with Crippen LogP contribution in [-0.2, 0) is 14.6 Å². The molecule has 2 aliphatic rings. The van der Waals surface area contributed by atoms with Gasteiger partial charge in [-0.3, -0.25) is 4.79 Å². The summed E-state index contributed by atoms with van der Waals surface area (Å²) in [6.07, 6.45) is 0. The molecule has 3 heterocycles. The zero-order valence-corrected chi connectivity index (χ0v) is 19.2. The van der Waals surface area contributed by atoms with Crippen LogP contribution in [0.3, 0.4) is 0 Å². The first-order valence-electron chi connectivity index (χ1n) is 10.8. The van der Waals surface area contributed by atoms with E-state index in [1.165, 1.54) is 4.31 Å². The van der Waals surface area contributed by atoms with Crippen molar-refractivity contribution in [1.82, 2.24) is 19.0 Å². The highest BCUT2D eigenvalue weighted by Crippen LogP contribution is 2.44. The van der Waals surface area contributed by atoms with Crippen LogP contribution in [0.4, 0.5) is 0 Å². The zero-order valence-electron chi connectivity index (χ0n) is 18.3. The Hall–Kier alpha value is -2.81. The van der Waals surface area contributed by atoms with Gasteiger partial charge in [0.05, 0.1) is 36.6 Å². The quantitative estimate of drug-likeness (QED) is 0.556. The molecule has 0 N–H and O–H groups in total. The number of amides is 1. The van der Waals surface area contributed by atoms with Crippen molar-refractivity contribution in [3.05, 3.63) is 77.6 Å². The minimum atomic E-state index is -3.56. The maximum atomic E-state index is 13.7. The monoisotopic (exact) mass is 450 g/mol. The number of carbonyl (C=O) groups is 1. The van der Waals surface area contributed by atoms with Gasteiger partial charge in [-0.05, 0) is 37.1 Å². The fourth-order valence-electron chi connectivity index (χ4n) is 4.82. The summed E-state index contributed by atoms with van der Waals surface area (Å²) >= 11 is 0. The van der Waals surface area contributed by atoms with Gasteiger partial charge in [-0.15, -0.1) is 4.31 Å². The molecule has 3 aromatic rings. The molecule has 8 heteroatoms. The molecule has 0 radical (unpaired) electrons. The Kier molecular flexibility index (Phi) is 5.03. The summed E-state index contributed by atoms with van der Waals surface area (Å²) in [5.74, 6) is 0.0945. The Bertz CT molecular complexity index is 1200. The Morgan fingerprint density at radius 1 is 1.03 bits per heavy atom. The predicted octanol–water partition coefficient (Wildman–Crippen LogP) is 3.62. The van der Waals surface area contributed by atoms with Crippen molar-refractivity contribution >= 4 is 16.3 Å². The molecule has 1 fully saturated rings. The lowest BCUT2D eigenvalue weighted by molar-refractivity contribution is 0.0294. The SMILES string of the molecule is Cc1nn(-c2ccccc2)c2c1C(C(C)C)N(C1CN([S+](=O)([O-])c3ccccc3)C1)C2=O. The van der Waals surface area contributed by atoms with Crippen LogP contribution < -0.4 is 0 Å². The maximum Gasteiger partial charge on any atom is 0.273 e. The van der Waals surface area contributed by atoms with Gasteiger partial charge in [0.25, 0.3) is 5.91 Å². The zero-order chi connectivity index (χ0) is 22.6. The first kappa shape index (κ1) is 21.1. The van der Waals surface area contributed by atoms with Gasteiger partial charge in [0.15, 0.2) is 15.3 Å². The normalized spacial score (nSPS) is 21.0. The number of hydrogen-bond donors (Lipinski definition) is 0. The molecule has 0 bridgehead atoms. The third-order valence-electron chi connectivity index (χ3n) is 6.37. The van der Waals surface area contributed by atoms with Crippen LogP contribution >= 0.6 is 0 Å². The van der Waals surface area contributed by atoms with Crippen molar-refractivity contribution in [2.45, 2.75) is 37.8 Å². The number of rotatable bonds is 5. The third-order valence-corrected chi connectivity index (χ3v) is 8.22. The minimum Gasteiger partial charge on any atom is -0.593 e. The fraction of sp³-hybridized carbons (Fsp3) is 0.333. The van der Waals surface area contributed by atoms with Crippen molar-refractivity contribution < 1.29 is 13.6 Å². The molecule has 2 atom stereocenters. The van der Waals surface area contributed by atoms with E-state index in [-0.39, 0.29) is 28.8 Å². The molecule has 0 saturated carbocycles. The largest absolute Gasteiger partial charge is 0.593 e. The summed E-state index contributed by atoms with van der Waals surface area (Å²) in [6.45, 7) is 6.73. The minimum absolute atomic E-state index is 0.0788. The van der Waals surface area contributed by atoms with Crippen molar-refractivity contribution in [1.29, 1.82) is 0 Å². The van der Waals surface area contributed by atoms with Crippen LogP contribution in [0.5, 0.6) is 0 Å². The van der Waals surface area contributed by atoms with Crippen molar-refractivity contribution in [2.24, 2.45) is 5.92 Å². The van der Waals surface area contributed by atoms with E-state index in [4.69, 9.17) is 0 Å². The average Bonchev–Trinajstić information content (AvgIpc) is 3.24. The van der Waals surface area contributed by atoms with Crippen molar-refractivity contribution in [3.8, 4) is 5.69 Å². The Balaban J connectivity index is 1.46. The van der Waals surface area contributed by atoms with Gasteiger partial charge >= 0.3 is 0 Å². The molecule has 0 spiro atoms. The van der Waals surface area contributed by atoms with E-state index in [1.54, 1.807) is 35.0 Å². The highest BCUT2D eigenvalue weighted by molar-refractivity contribution is 7.95. The van der Waals surface area contributed by atoms with E-state index in [0.29, 0.717) is 18.8 Å². The van der Waals surface area contributed by atoms with Crippen molar-refractivity contribution in [3.63, 3.8) is 0 Å². The maximum absolute atomic E-state index is 13.7. The second-order valence-corrected chi connectivity index (χ2v) is 10.7. The molecule has 0 aliphatic carbocycles. The van der Waals surface area contributed by atoms with E-state index >= 15 is 0 Å². The smallest absolute Gasteiger partial charge is 0.273 e. The van der Waals surface area contributed by atoms with Gasteiger partial charge in [0.1, 0.15) is 5.69 Å². The summed E-state index contributed by atoms with van der Waals surface area (Å²) in [4.78, 5) is 15.8. The van der Waals surface area contributed by atoms with Crippen LogP contribution in [0.15, 0.2) is 65.6 Å². The van der Waals surface area contributed by atoms with Gasteiger partial charge in [-0.25, -0.2) is 4.68 Å². The average molecular weight is 451 g/mol. The van der Waals surface area contributed by atoms with Crippen LogP contribution in [0.25, 0.3) is 5.69 Å². The Morgan fingerprint density at radius 2 is 1.62 bits per heavy atom. The lowest BCUT2D eigenvalue weighted by atomic mass is 9.95. The summed E-state index contributed by atoms with van der Waals surface area (Å²) in [5, 5.41) is 4.68. The molecule has 1 aromatic heterocycles. The number of aryl methyl sites for hydroxylation is 1. The highest BCUT2D eigenvalue weighted by atomic mass is 32.3. The van der Waals surface area contributed by atoms with E-state index in [9.17, 15) is 13.6 Å². The Morgan fingerprint density at radius 3 is 2.22 bits per heavy atom. The third kappa shape index (κ3) is 3.13. The van der Waals surface area contributed by atoms with Gasteiger partial charge in [0.2, 0.25) is 0 Å². The summed E-state index contributed by atoms with van der Waals surface area (Å²) in [5.41, 5.74) is 3.23. The summed E-state index contributed by atoms with van der Waals surface area (Å²) in [7, 11) is -3.56. The van der Waals surface area contributed by atoms with E-state index in [0.717, 1.165) is 16.9 Å². The molecule has 5 rings (SSSR count). The molecule has 32 heavy (non-hydrogen) atoms. The van der Waals surface area contributed by atoms with Gasteiger partial charge in [-0.2, -0.15) is 5.10 Å². The molecule has 1 amide bonds. The standard InChI is InChI=1S/C24H26N4O3S/c1-16(2)22-21-17(3)25-28(18-10-6-4-7-11-18)23(21)24(29)27(22)19-14-26(15-19)32(30,31)20-12-8-5-9-13-20/h4-13,16,19,22H,14-15H2,1-3H3. The van der Waals surface area contributed by atoms with Crippen LogP contribution in [0.1, 0.15) is 41.6 Å². The molecule has 2 aliphatic heterocycles. The van der Waals surface area contributed by atoms with Gasteiger partial charge < -0.3 is 9.45 Å². The Labute approximate surface area is 189 Å². The molecule has 7 nitrogen and oxygen atoms in total. The van der Waals surface area contributed by atoms with Crippen LogP contribution in [0.2, 0.25) is 0 Å². The molecule has 2 unspecified atom stereocenters. The van der Waals surface area contributed by atoms with Crippen LogP contribution in [0, 0.1) is 12.8 Å². The van der Waals surface area contributed by atoms with Gasteiger partial charge in [-0.1, -0.05) is 54.5 Å². The number of sulfonamides is 1. The van der Waals surface area contributed by atoms with Crippen molar-refractivity contribution in [2.75, 3.05) is 13.1 Å². The number of nitrogens with zero attached hydrogens (tertiary/aromatic N) is 4. The summed E-state index contributed by atoms with van der Waals surface area (Å²) in [6, 6.07) is 17.8. The number of fused-ring (bicyclic) bond motifs is 1. The lowest BCUT2D eigenvalue weighted by Gasteiger charge is -2.46. The number of aromatic nitrogens is 2. The first-order valence-corrected chi connectivity index (χ1v) is 12.3. The molecule has 1 saturated heterocycles. The van der Waals surface area contributed by atoms with Gasteiger partial charge in [0, 0.05) is 5.56 Å². The van der Waals surface area contributed by atoms with E-state index in [2.05, 4.69) is 18.9 Å². The molecule has 2 aromatic carbocycles. The number of para-hydroxylation sites is 1. The summed E-state index contributed by atoms with van der Waals surface area (Å²) < 4.78 is 29.1. The molecular formula is C24H26N4O3S. The molecular weight excluding hydrogens is 424 g/mol. The second kappa shape index (κ2) is 7.65.